The lowest BCUT2D eigenvalue weighted by Gasteiger charge is -2.08. The van der Waals surface area contributed by atoms with Gasteiger partial charge in [0.1, 0.15) is 0 Å². The van der Waals surface area contributed by atoms with Gasteiger partial charge in [-0.25, -0.2) is 0 Å². The van der Waals surface area contributed by atoms with Crippen molar-refractivity contribution in [3.8, 4) is 0 Å². The molecule has 1 amide bonds. The van der Waals surface area contributed by atoms with Crippen LogP contribution >= 0.6 is 27.7 Å². The van der Waals surface area contributed by atoms with Gasteiger partial charge in [-0.3, -0.25) is 4.79 Å². The summed E-state index contributed by atoms with van der Waals surface area (Å²) in [5.74, 6) is -2.75. The molecule has 0 heterocycles. The average Bonchev–Trinajstić information content (AvgIpc) is 2.42. The van der Waals surface area contributed by atoms with Gasteiger partial charge < -0.3 is 5.32 Å². The fourth-order valence-electron chi connectivity index (χ4n) is 1.70. The van der Waals surface area contributed by atoms with Crippen LogP contribution in [0.4, 0.5) is 14.5 Å². The Hall–Kier alpha value is -1.40. The summed E-state index contributed by atoms with van der Waals surface area (Å²) in [6, 6.07) is 11.7. The average molecular weight is 372 g/mol. The van der Waals surface area contributed by atoms with Gasteiger partial charge in [0.2, 0.25) is 0 Å². The zero-order valence-corrected chi connectivity index (χ0v) is 13.5. The van der Waals surface area contributed by atoms with Gasteiger partial charge in [-0.05, 0) is 64.8 Å². The van der Waals surface area contributed by atoms with Crippen molar-refractivity contribution in [2.75, 3.05) is 5.32 Å². The summed E-state index contributed by atoms with van der Waals surface area (Å²) in [5.41, 5.74) is 2.16. The first-order valence-corrected chi connectivity index (χ1v) is 7.75. The second kappa shape index (κ2) is 7.04. The maximum Gasteiger partial charge on any atom is 0.288 e. The number of carbonyl (C=O) groups is 1. The number of anilines is 1. The highest BCUT2D eigenvalue weighted by Gasteiger charge is 2.10. The predicted octanol–water partition coefficient (Wildman–Crippen LogP) is 5.32. The number of benzene rings is 2. The molecule has 2 nitrogen and oxygen atoms in total. The highest BCUT2D eigenvalue weighted by atomic mass is 79.9. The Balaban J connectivity index is 2.09. The van der Waals surface area contributed by atoms with Crippen LogP contribution in [0.15, 0.2) is 51.8 Å². The number of carbonyl (C=O) groups excluding carboxylic acids is 1. The van der Waals surface area contributed by atoms with E-state index in [2.05, 4.69) is 21.2 Å². The maximum absolute atomic E-state index is 12.2. The van der Waals surface area contributed by atoms with Crippen LogP contribution in [0.3, 0.4) is 0 Å². The molecule has 0 aliphatic heterocycles. The number of nitrogens with one attached hydrogen (secondary N) is 1. The molecule has 0 atom stereocenters. The molecule has 1 N–H and O–H groups in total. The van der Waals surface area contributed by atoms with Crippen LogP contribution in [0.25, 0.3) is 0 Å². The van der Waals surface area contributed by atoms with Gasteiger partial charge in [-0.1, -0.05) is 17.8 Å². The largest absolute Gasteiger partial charge is 0.321 e. The van der Waals surface area contributed by atoms with Crippen molar-refractivity contribution in [3.63, 3.8) is 0 Å². The molecule has 0 saturated carbocycles. The Morgan fingerprint density at radius 1 is 1.19 bits per heavy atom. The topological polar surface area (TPSA) is 29.1 Å². The second-order valence-corrected chi connectivity index (χ2v) is 6.26. The smallest absolute Gasteiger partial charge is 0.288 e. The standard InChI is InChI=1S/C15H12BrF2NOS/c1-9-2-7-13(12(16)8-9)19-14(20)10-3-5-11(6-4-10)21-15(17)18/h2-8,15H,1H3,(H,19,20). The molecule has 0 fully saturated rings. The van der Waals surface area contributed by atoms with Gasteiger partial charge in [-0.2, -0.15) is 8.78 Å². The van der Waals surface area contributed by atoms with E-state index >= 15 is 0 Å². The maximum atomic E-state index is 12.2. The normalized spacial score (nSPS) is 10.7. The third-order valence-corrected chi connectivity index (χ3v) is 4.09. The Kier molecular flexibility index (Phi) is 5.36. The van der Waals surface area contributed by atoms with E-state index in [0.717, 1.165) is 10.0 Å². The summed E-state index contributed by atoms with van der Waals surface area (Å²) in [7, 11) is 0. The van der Waals surface area contributed by atoms with Gasteiger partial charge in [0.05, 0.1) is 5.69 Å². The SMILES string of the molecule is Cc1ccc(NC(=O)c2ccc(SC(F)F)cc2)c(Br)c1. The first-order chi connectivity index (χ1) is 9.95. The number of hydrogen-bond acceptors (Lipinski definition) is 2. The minimum atomic E-state index is -2.46. The van der Waals surface area contributed by atoms with Crippen LogP contribution in [0, 0.1) is 6.92 Å². The number of hydrogen-bond donors (Lipinski definition) is 1. The third-order valence-electron chi connectivity index (χ3n) is 2.71. The van der Waals surface area contributed by atoms with Gasteiger partial charge in [0.15, 0.2) is 0 Å². The van der Waals surface area contributed by atoms with E-state index in [4.69, 9.17) is 0 Å². The van der Waals surface area contributed by atoms with Crippen LogP contribution < -0.4 is 5.32 Å². The molecule has 0 radical (unpaired) electrons. The third kappa shape index (κ3) is 4.54. The van der Waals surface area contributed by atoms with Crippen LogP contribution in [0.5, 0.6) is 0 Å². The van der Waals surface area contributed by atoms with E-state index in [-0.39, 0.29) is 5.91 Å². The fraction of sp³-hybridized carbons (Fsp3) is 0.133. The van der Waals surface area contributed by atoms with E-state index < -0.39 is 5.76 Å². The molecular formula is C15H12BrF2NOS. The Bertz CT molecular complexity index is 647. The van der Waals surface area contributed by atoms with E-state index in [9.17, 15) is 13.6 Å². The van der Waals surface area contributed by atoms with E-state index in [1.165, 1.54) is 24.3 Å². The zero-order valence-electron chi connectivity index (χ0n) is 11.1. The van der Waals surface area contributed by atoms with Crippen molar-refractivity contribution in [2.24, 2.45) is 0 Å². The van der Waals surface area contributed by atoms with E-state index in [0.29, 0.717) is 27.9 Å². The fourth-order valence-corrected chi connectivity index (χ4v) is 2.80. The molecule has 2 rings (SSSR count). The predicted molar refractivity (Wildman–Crippen MR) is 85.1 cm³/mol. The number of alkyl halides is 2. The minimum Gasteiger partial charge on any atom is -0.321 e. The molecule has 0 spiro atoms. The Morgan fingerprint density at radius 3 is 2.43 bits per heavy atom. The van der Waals surface area contributed by atoms with Crippen molar-refractivity contribution in [3.05, 3.63) is 58.1 Å². The molecule has 21 heavy (non-hydrogen) atoms. The molecule has 2 aromatic carbocycles. The highest BCUT2D eigenvalue weighted by Crippen LogP contribution is 2.26. The Labute approximate surface area is 134 Å². The molecule has 0 aromatic heterocycles. The lowest BCUT2D eigenvalue weighted by molar-refractivity contribution is 0.102. The lowest BCUT2D eigenvalue weighted by Crippen LogP contribution is -2.12. The second-order valence-electron chi connectivity index (χ2n) is 4.34. The van der Waals surface area contributed by atoms with Crippen molar-refractivity contribution >= 4 is 39.3 Å². The molecule has 110 valence electrons. The summed E-state index contributed by atoms with van der Waals surface area (Å²) < 4.78 is 25.2. The summed E-state index contributed by atoms with van der Waals surface area (Å²) in [4.78, 5) is 12.5. The molecule has 6 heteroatoms. The first-order valence-electron chi connectivity index (χ1n) is 6.08. The van der Waals surface area contributed by atoms with Crippen LogP contribution in [-0.4, -0.2) is 11.7 Å². The van der Waals surface area contributed by atoms with E-state index in [1.807, 2.05) is 19.1 Å². The van der Waals surface area contributed by atoms with Crippen molar-refractivity contribution in [2.45, 2.75) is 17.6 Å². The molecule has 2 aromatic rings. The van der Waals surface area contributed by atoms with Gasteiger partial charge in [0.25, 0.3) is 11.7 Å². The molecule has 0 bridgehead atoms. The van der Waals surface area contributed by atoms with Gasteiger partial charge >= 0.3 is 0 Å². The van der Waals surface area contributed by atoms with Crippen molar-refractivity contribution in [1.29, 1.82) is 0 Å². The monoisotopic (exact) mass is 371 g/mol. The molecule has 0 saturated heterocycles. The summed E-state index contributed by atoms with van der Waals surface area (Å²) in [6.45, 7) is 1.95. The Morgan fingerprint density at radius 2 is 1.86 bits per heavy atom. The summed E-state index contributed by atoms with van der Waals surface area (Å²) in [6.07, 6.45) is 0. The molecule has 0 aliphatic carbocycles. The van der Waals surface area contributed by atoms with Crippen LogP contribution in [0.1, 0.15) is 15.9 Å². The lowest BCUT2D eigenvalue weighted by atomic mass is 10.2. The highest BCUT2D eigenvalue weighted by molar-refractivity contribution is 9.10. The quantitative estimate of drug-likeness (QED) is 0.736. The van der Waals surface area contributed by atoms with Crippen molar-refractivity contribution < 1.29 is 13.6 Å². The first kappa shape index (κ1) is 16.0. The number of halogens is 3. The van der Waals surface area contributed by atoms with Crippen LogP contribution in [0.2, 0.25) is 0 Å². The molecule has 0 aliphatic rings. The van der Waals surface area contributed by atoms with E-state index in [1.54, 1.807) is 6.07 Å². The number of thioether (sulfide) groups is 1. The number of rotatable bonds is 4. The zero-order chi connectivity index (χ0) is 15.4. The summed E-state index contributed by atoms with van der Waals surface area (Å²) in [5, 5.41) is 2.77. The minimum absolute atomic E-state index is 0.284. The molecule has 0 unspecified atom stereocenters. The van der Waals surface area contributed by atoms with Gasteiger partial charge in [0, 0.05) is 14.9 Å². The van der Waals surface area contributed by atoms with Crippen molar-refractivity contribution in [1.82, 2.24) is 0 Å². The number of aryl methyl sites for hydroxylation is 1. The molecular weight excluding hydrogens is 360 g/mol. The van der Waals surface area contributed by atoms with Gasteiger partial charge in [-0.15, -0.1) is 0 Å². The number of amides is 1. The summed E-state index contributed by atoms with van der Waals surface area (Å²) >= 11 is 3.84. The van der Waals surface area contributed by atoms with Crippen LogP contribution in [-0.2, 0) is 0 Å².